The summed E-state index contributed by atoms with van der Waals surface area (Å²) < 4.78 is 25.8. The van der Waals surface area contributed by atoms with Crippen LogP contribution in [0.1, 0.15) is 33.9 Å². The highest BCUT2D eigenvalue weighted by Gasteiger charge is 2.36. The summed E-state index contributed by atoms with van der Waals surface area (Å²) in [5, 5.41) is 6.30. The topological polar surface area (TPSA) is 74.7 Å². The zero-order chi connectivity index (χ0) is 28.8. The third kappa shape index (κ3) is 6.75. The second-order valence-electron chi connectivity index (χ2n) is 9.92. The molecule has 2 amide bonds. The minimum atomic E-state index is -0.665. The second-order valence-corrected chi connectivity index (χ2v) is 10.3. The smallest absolute Gasteiger partial charge is 0.262 e. The molecule has 0 aromatic heterocycles. The lowest BCUT2D eigenvalue weighted by molar-refractivity contribution is -0.133. The fourth-order valence-corrected chi connectivity index (χ4v) is 5.30. The van der Waals surface area contributed by atoms with E-state index in [9.17, 15) is 9.59 Å². The van der Waals surface area contributed by atoms with Gasteiger partial charge < -0.3 is 14.4 Å². The number of rotatable bonds is 9. The minimum Gasteiger partial charge on any atom is -0.497 e. The molecule has 3 aromatic carbocycles. The van der Waals surface area contributed by atoms with Gasteiger partial charge in [-0.05, 0) is 30.3 Å². The number of methoxy groups -OCH3 is 1. The molecule has 0 aliphatic carbocycles. The summed E-state index contributed by atoms with van der Waals surface area (Å²) in [4.78, 5) is 31.3. The zero-order valence-electron chi connectivity index (χ0n) is 22.8. The van der Waals surface area contributed by atoms with Crippen LogP contribution in [0.5, 0.6) is 5.75 Å². The van der Waals surface area contributed by atoms with Crippen molar-refractivity contribution in [3.63, 3.8) is 0 Å². The van der Waals surface area contributed by atoms with E-state index in [1.807, 2.05) is 24.3 Å². The van der Waals surface area contributed by atoms with Gasteiger partial charge in [0.2, 0.25) is 0 Å². The van der Waals surface area contributed by atoms with Crippen LogP contribution in [0.4, 0.5) is 4.39 Å². The van der Waals surface area contributed by atoms with Crippen LogP contribution < -0.4 is 4.74 Å². The van der Waals surface area contributed by atoms with Gasteiger partial charge in [-0.3, -0.25) is 14.5 Å². The van der Waals surface area contributed by atoms with Crippen molar-refractivity contribution in [2.24, 2.45) is 5.10 Å². The van der Waals surface area contributed by atoms with E-state index in [0.29, 0.717) is 60.3 Å². The molecule has 0 N–H and O–H groups in total. The Hall–Kier alpha value is -3.79. The Morgan fingerprint density at radius 1 is 1.07 bits per heavy atom. The van der Waals surface area contributed by atoms with Crippen molar-refractivity contribution in [1.82, 2.24) is 14.8 Å². The van der Waals surface area contributed by atoms with Gasteiger partial charge in [0.15, 0.2) is 0 Å². The van der Waals surface area contributed by atoms with Crippen LogP contribution in [0.3, 0.4) is 0 Å². The zero-order valence-corrected chi connectivity index (χ0v) is 23.6. The van der Waals surface area contributed by atoms with Crippen molar-refractivity contribution >= 4 is 29.1 Å². The highest BCUT2D eigenvalue weighted by molar-refractivity contribution is 6.33. The highest BCUT2D eigenvalue weighted by Crippen LogP contribution is 2.35. The summed E-state index contributed by atoms with van der Waals surface area (Å²) in [6.45, 7) is 3.38. The van der Waals surface area contributed by atoms with Crippen LogP contribution in [0.25, 0.3) is 0 Å². The molecular weight excluding hydrogens is 547 g/mol. The van der Waals surface area contributed by atoms with Crippen LogP contribution in [0.2, 0.25) is 5.02 Å². The Kier molecular flexibility index (Phi) is 9.28. The Balaban J connectivity index is 1.44. The van der Waals surface area contributed by atoms with Gasteiger partial charge in [0.1, 0.15) is 18.1 Å². The molecule has 1 fully saturated rings. The van der Waals surface area contributed by atoms with E-state index in [2.05, 4.69) is 10.0 Å². The van der Waals surface area contributed by atoms with Crippen molar-refractivity contribution in [2.75, 3.05) is 53.0 Å². The predicted molar refractivity (Wildman–Crippen MR) is 155 cm³/mol. The van der Waals surface area contributed by atoms with Gasteiger partial charge in [-0.15, -0.1) is 0 Å². The molecule has 3 aromatic rings. The maximum absolute atomic E-state index is 15.0. The van der Waals surface area contributed by atoms with Crippen molar-refractivity contribution in [2.45, 2.75) is 12.5 Å². The van der Waals surface area contributed by atoms with E-state index in [-0.39, 0.29) is 12.5 Å². The molecular formula is C31H32ClFN4O4. The standard InChI is InChI=1S/C31H32ClFN4O4/c1-40-23-8-6-7-22(19-23)28-20-29(25-10-3-5-12-27(25)33)37(34-28)30(38)21-36(14-13-35-15-17-41-18-16-35)31(39)24-9-2-4-11-26(24)32/h2-12,19,29H,13-18,20-21H2,1H3/t29-/m0/s1. The highest BCUT2D eigenvalue weighted by atomic mass is 35.5. The minimum absolute atomic E-state index is 0.242. The normalized spacial score (nSPS) is 17.3. The molecule has 0 saturated carbocycles. The van der Waals surface area contributed by atoms with Gasteiger partial charge in [-0.1, -0.05) is 54.1 Å². The van der Waals surface area contributed by atoms with E-state index in [1.54, 1.807) is 49.6 Å². The van der Waals surface area contributed by atoms with E-state index >= 15 is 4.39 Å². The summed E-state index contributed by atoms with van der Waals surface area (Å²) in [5.41, 5.74) is 2.08. The van der Waals surface area contributed by atoms with Gasteiger partial charge >= 0.3 is 0 Å². The molecule has 2 heterocycles. The maximum Gasteiger partial charge on any atom is 0.262 e. The Labute approximate surface area is 243 Å². The van der Waals surface area contributed by atoms with E-state index < -0.39 is 17.8 Å². The van der Waals surface area contributed by atoms with Crippen LogP contribution in [-0.2, 0) is 9.53 Å². The summed E-state index contributed by atoms with van der Waals surface area (Å²) in [6, 6.07) is 19.9. The van der Waals surface area contributed by atoms with Gasteiger partial charge in [0.05, 0.1) is 42.7 Å². The largest absolute Gasteiger partial charge is 0.497 e. The van der Waals surface area contributed by atoms with Crippen molar-refractivity contribution in [3.05, 3.63) is 100 Å². The quantitative estimate of drug-likeness (QED) is 0.370. The van der Waals surface area contributed by atoms with Gasteiger partial charge in [-0.2, -0.15) is 5.10 Å². The number of nitrogens with zero attached hydrogens (tertiary/aromatic N) is 4. The van der Waals surface area contributed by atoms with Crippen molar-refractivity contribution < 1.29 is 23.5 Å². The average molecular weight is 579 g/mol. The van der Waals surface area contributed by atoms with E-state index in [4.69, 9.17) is 21.1 Å². The van der Waals surface area contributed by atoms with Gasteiger partial charge in [-0.25, -0.2) is 9.40 Å². The molecule has 0 unspecified atom stereocenters. The lowest BCUT2D eigenvalue weighted by Crippen LogP contribution is -2.46. The molecule has 2 aliphatic heterocycles. The predicted octanol–water partition coefficient (Wildman–Crippen LogP) is 4.64. The molecule has 1 saturated heterocycles. The van der Waals surface area contributed by atoms with Crippen LogP contribution in [0, 0.1) is 5.82 Å². The van der Waals surface area contributed by atoms with Gasteiger partial charge in [0.25, 0.3) is 11.8 Å². The number of ether oxygens (including phenoxy) is 2. The number of benzene rings is 3. The number of amides is 2. The van der Waals surface area contributed by atoms with Crippen molar-refractivity contribution in [1.29, 1.82) is 0 Å². The Morgan fingerprint density at radius 3 is 2.59 bits per heavy atom. The van der Waals surface area contributed by atoms with Crippen LogP contribution >= 0.6 is 11.6 Å². The number of carbonyl (C=O) groups is 2. The van der Waals surface area contributed by atoms with E-state index in [1.165, 1.54) is 16.0 Å². The lowest BCUT2D eigenvalue weighted by atomic mass is 9.98. The average Bonchev–Trinajstić information content (AvgIpc) is 3.45. The first kappa shape index (κ1) is 28.7. The molecule has 8 nitrogen and oxygen atoms in total. The molecule has 0 radical (unpaired) electrons. The number of halogens is 2. The first-order valence-corrected chi connectivity index (χ1v) is 13.9. The maximum atomic E-state index is 15.0. The lowest BCUT2D eigenvalue weighted by Gasteiger charge is -2.31. The fraction of sp³-hybridized carbons (Fsp3) is 0.323. The molecule has 41 heavy (non-hydrogen) atoms. The third-order valence-corrected chi connectivity index (χ3v) is 7.67. The Bertz CT molecular complexity index is 1430. The molecule has 0 spiro atoms. The SMILES string of the molecule is COc1cccc(C2=NN(C(=O)CN(CCN3CCOCC3)C(=O)c3ccccc3Cl)[C@H](c3ccccc3F)C2)c1. The number of hydrazone groups is 1. The second kappa shape index (κ2) is 13.2. The first-order valence-electron chi connectivity index (χ1n) is 13.6. The summed E-state index contributed by atoms with van der Waals surface area (Å²) in [5.74, 6) is -0.542. The molecule has 10 heteroatoms. The number of carbonyl (C=O) groups excluding carboxylic acids is 2. The Morgan fingerprint density at radius 2 is 1.83 bits per heavy atom. The van der Waals surface area contributed by atoms with Crippen LogP contribution in [0.15, 0.2) is 77.9 Å². The molecule has 0 bridgehead atoms. The van der Waals surface area contributed by atoms with Crippen LogP contribution in [-0.4, -0.2) is 85.4 Å². The number of morpholine rings is 1. The van der Waals surface area contributed by atoms with E-state index in [0.717, 1.165) is 18.7 Å². The summed E-state index contributed by atoms with van der Waals surface area (Å²) in [6.07, 6.45) is 0.312. The first-order chi connectivity index (χ1) is 19.9. The number of hydrogen-bond acceptors (Lipinski definition) is 6. The third-order valence-electron chi connectivity index (χ3n) is 7.34. The number of hydrogen-bond donors (Lipinski definition) is 0. The molecule has 1 atom stereocenters. The summed E-state index contributed by atoms with van der Waals surface area (Å²) in [7, 11) is 1.58. The monoisotopic (exact) mass is 578 g/mol. The molecule has 2 aliphatic rings. The summed E-state index contributed by atoms with van der Waals surface area (Å²) >= 11 is 6.36. The fourth-order valence-electron chi connectivity index (χ4n) is 5.08. The molecule has 5 rings (SSSR count). The van der Waals surface area contributed by atoms with Gasteiger partial charge in [0, 0.05) is 43.7 Å². The molecule has 214 valence electrons. The van der Waals surface area contributed by atoms with Crippen molar-refractivity contribution in [3.8, 4) is 5.75 Å².